The molecule has 0 amide bonds. The molecule has 1 fully saturated rings. The van der Waals surface area contributed by atoms with Crippen molar-refractivity contribution in [2.75, 3.05) is 31.1 Å². The molecule has 0 unspecified atom stereocenters. The van der Waals surface area contributed by atoms with Crippen molar-refractivity contribution in [2.24, 2.45) is 0 Å². The molecule has 2 heterocycles. The average Bonchev–Trinajstić information content (AvgIpc) is 2.62. The summed E-state index contributed by atoms with van der Waals surface area (Å²) in [7, 11) is 0. The lowest BCUT2D eigenvalue weighted by molar-refractivity contribution is 0.724. The van der Waals surface area contributed by atoms with Gasteiger partial charge < -0.3 is 15.2 Å². The van der Waals surface area contributed by atoms with E-state index >= 15 is 0 Å². The summed E-state index contributed by atoms with van der Waals surface area (Å²) in [6.45, 7) is 6.14. The van der Waals surface area contributed by atoms with Crippen molar-refractivity contribution in [1.82, 2.24) is 15.3 Å². The van der Waals surface area contributed by atoms with Gasteiger partial charge in [-0.3, -0.25) is 0 Å². The van der Waals surface area contributed by atoms with E-state index in [1.807, 2.05) is 19.1 Å². The van der Waals surface area contributed by atoms with Gasteiger partial charge in [-0.15, -0.1) is 0 Å². The quantitative estimate of drug-likeness (QED) is 0.831. The summed E-state index contributed by atoms with van der Waals surface area (Å²) in [5.41, 5.74) is 3.09. The zero-order chi connectivity index (χ0) is 12.5. The smallest absolute Gasteiger partial charge is 0.203 e. The van der Waals surface area contributed by atoms with E-state index in [1.165, 1.54) is 0 Å². The predicted octanol–water partition coefficient (Wildman–Crippen LogP) is 2.32. The molecule has 1 aromatic carbocycles. The molecule has 1 aliphatic rings. The first-order chi connectivity index (χ1) is 8.75. The molecule has 1 saturated heterocycles. The van der Waals surface area contributed by atoms with Gasteiger partial charge in [-0.2, -0.15) is 0 Å². The molecule has 1 aromatic heterocycles. The topological polar surface area (TPSA) is 44.0 Å². The lowest BCUT2D eigenvalue weighted by Crippen LogP contribution is -2.28. The second-order valence-corrected chi connectivity index (χ2v) is 5.13. The summed E-state index contributed by atoms with van der Waals surface area (Å²) in [6, 6.07) is 3.92. The highest BCUT2D eigenvalue weighted by Crippen LogP contribution is 2.26. The highest BCUT2D eigenvalue weighted by atomic mass is 35.5. The number of halogens is 1. The number of aryl methyl sites for hydroxylation is 1. The van der Waals surface area contributed by atoms with Crippen molar-refractivity contribution in [3.05, 3.63) is 22.7 Å². The van der Waals surface area contributed by atoms with Crippen LogP contribution in [0.3, 0.4) is 0 Å². The molecule has 0 atom stereocenters. The zero-order valence-electron chi connectivity index (χ0n) is 10.5. The Labute approximate surface area is 111 Å². The Bertz CT molecular complexity index is 555. The van der Waals surface area contributed by atoms with Gasteiger partial charge in [-0.05, 0) is 37.6 Å². The standard InChI is InChI=1S/C13H17ClN4/c1-9-10(14)3-4-11-12(9)17-13(16-11)18-7-2-5-15-6-8-18/h3-4,15H,2,5-8H2,1H3,(H,16,17). The third-order valence-electron chi connectivity index (χ3n) is 3.47. The van der Waals surface area contributed by atoms with Gasteiger partial charge in [0, 0.05) is 24.7 Å². The van der Waals surface area contributed by atoms with Crippen LogP contribution in [0.2, 0.25) is 5.02 Å². The number of hydrogen-bond donors (Lipinski definition) is 2. The normalized spacial score (nSPS) is 17.1. The molecule has 0 spiro atoms. The number of anilines is 1. The van der Waals surface area contributed by atoms with Crippen LogP contribution in [0, 0.1) is 6.92 Å². The number of nitrogens with one attached hydrogen (secondary N) is 2. The first-order valence-electron chi connectivity index (χ1n) is 6.36. The maximum atomic E-state index is 6.13. The van der Waals surface area contributed by atoms with E-state index in [4.69, 9.17) is 16.6 Å². The number of fused-ring (bicyclic) bond motifs is 1. The highest BCUT2D eigenvalue weighted by molar-refractivity contribution is 6.32. The molecule has 18 heavy (non-hydrogen) atoms. The number of imidazole rings is 1. The van der Waals surface area contributed by atoms with Gasteiger partial charge in [-0.25, -0.2) is 4.98 Å². The Morgan fingerprint density at radius 1 is 1.28 bits per heavy atom. The highest BCUT2D eigenvalue weighted by Gasteiger charge is 2.14. The number of aromatic nitrogens is 2. The van der Waals surface area contributed by atoms with Gasteiger partial charge in [-0.1, -0.05) is 11.6 Å². The average molecular weight is 265 g/mol. The van der Waals surface area contributed by atoms with Crippen molar-refractivity contribution in [1.29, 1.82) is 0 Å². The first-order valence-corrected chi connectivity index (χ1v) is 6.74. The summed E-state index contributed by atoms with van der Waals surface area (Å²) >= 11 is 6.13. The van der Waals surface area contributed by atoms with Crippen LogP contribution < -0.4 is 10.2 Å². The summed E-state index contributed by atoms with van der Waals surface area (Å²) in [4.78, 5) is 10.4. The lowest BCUT2D eigenvalue weighted by atomic mass is 10.2. The van der Waals surface area contributed by atoms with E-state index in [-0.39, 0.29) is 0 Å². The maximum Gasteiger partial charge on any atom is 0.203 e. The maximum absolute atomic E-state index is 6.13. The molecule has 3 rings (SSSR count). The van der Waals surface area contributed by atoms with E-state index in [0.29, 0.717) is 0 Å². The first kappa shape index (κ1) is 11.8. The molecule has 0 bridgehead atoms. The van der Waals surface area contributed by atoms with E-state index in [9.17, 15) is 0 Å². The minimum absolute atomic E-state index is 0.776. The second-order valence-electron chi connectivity index (χ2n) is 4.72. The van der Waals surface area contributed by atoms with Gasteiger partial charge in [0.1, 0.15) is 0 Å². The molecule has 4 nitrogen and oxygen atoms in total. The van der Waals surface area contributed by atoms with Crippen LogP contribution in [0.25, 0.3) is 11.0 Å². The van der Waals surface area contributed by atoms with Crippen LogP contribution in [0.5, 0.6) is 0 Å². The summed E-state index contributed by atoms with van der Waals surface area (Å²) in [5.74, 6) is 0.957. The van der Waals surface area contributed by atoms with Gasteiger partial charge in [0.25, 0.3) is 0 Å². The van der Waals surface area contributed by atoms with Crippen molar-refractivity contribution in [3.63, 3.8) is 0 Å². The van der Waals surface area contributed by atoms with Gasteiger partial charge >= 0.3 is 0 Å². The van der Waals surface area contributed by atoms with E-state index in [0.717, 1.165) is 60.2 Å². The van der Waals surface area contributed by atoms with Crippen LogP contribution in [-0.4, -0.2) is 36.1 Å². The molecule has 2 aromatic rings. The number of H-pyrrole nitrogens is 1. The fourth-order valence-electron chi connectivity index (χ4n) is 2.38. The minimum atomic E-state index is 0.776. The minimum Gasteiger partial charge on any atom is -0.341 e. The monoisotopic (exact) mass is 264 g/mol. The van der Waals surface area contributed by atoms with Crippen molar-refractivity contribution < 1.29 is 0 Å². The van der Waals surface area contributed by atoms with Crippen molar-refractivity contribution in [3.8, 4) is 0 Å². The molecule has 0 saturated carbocycles. The summed E-state index contributed by atoms with van der Waals surface area (Å²) < 4.78 is 0. The third-order valence-corrected chi connectivity index (χ3v) is 3.88. The Hall–Kier alpha value is -1.26. The lowest BCUT2D eigenvalue weighted by Gasteiger charge is -2.18. The Morgan fingerprint density at radius 2 is 2.17 bits per heavy atom. The number of benzene rings is 1. The Balaban J connectivity index is 1.99. The molecule has 5 heteroatoms. The van der Waals surface area contributed by atoms with Crippen molar-refractivity contribution in [2.45, 2.75) is 13.3 Å². The SMILES string of the molecule is Cc1c(Cl)ccc2[nH]c(N3CCCNCC3)nc12. The number of rotatable bonds is 1. The van der Waals surface area contributed by atoms with Crippen molar-refractivity contribution >= 4 is 28.6 Å². The van der Waals surface area contributed by atoms with E-state index < -0.39 is 0 Å². The Morgan fingerprint density at radius 3 is 3.06 bits per heavy atom. The molecule has 1 aliphatic heterocycles. The molecule has 0 radical (unpaired) electrons. The Kier molecular flexibility index (Phi) is 3.14. The number of hydrogen-bond acceptors (Lipinski definition) is 3. The number of nitrogens with zero attached hydrogens (tertiary/aromatic N) is 2. The fourth-order valence-corrected chi connectivity index (χ4v) is 2.53. The van der Waals surface area contributed by atoms with Gasteiger partial charge in [0.15, 0.2) is 0 Å². The van der Waals surface area contributed by atoms with E-state index in [2.05, 4.69) is 15.2 Å². The fraction of sp³-hybridized carbons (Fsp3) is 0.462. The van der Waals surface area contributed by atoms with Crippen LogP contribution in [-0.2, 0) is 0 Å². The van der Waals surface area contributed by atoms with Crippen LogP contribution in [0.1, 0.15) is 12.0 Å². The summed E-state index contributed by atoms with van der Waals surface area (Å²) in [6.07, 6.45) is 1.15. The summed E-state index contributed by atoms with van der Waals surface area (Å²) in [5, 5.41) is 4.17. The molecular weight excluding hydrogens is 248 g/mol. The second kappa shape index (κ2) is 4.78. The zero-order valence-corrected chi connectivity index (χ0v) is 11.2. The molecule has 2 N–H and O–H groups in total. The third kappa shape index (κ3) is 2.06. The number of aromatic amines is 1. The van der Waals surface area contributed by atoms with Gasteiger partial charge in [0.2, 0.25) is 5.95 Å². The van der Waals surface area contributed by atoms with Gasteiger partial charge in [0.05, 0.1) is 11.0 Å². The predicted molar refractivity (Wildman–Crippen MR) is 75.5 cm³/mol. The largest absolute Gasteiger partial charge is 0.341 e. The van der Waals surface area contributed by atoms with Crippen LogP contribution in [0.15, 0.2) is 12.1 Å². The van der Waals surface area contributed by atoms with E-state index in [1.54, 1.807) is 0 Å². The van der Waals surface area contributed by atoms with Crippen LogP contribution >= 0.6 is 11.6 Å². The van der Waals surface area contributed by atoms with Crippen LogP contribution in [0.4, 0.5) is 5.95 Å². The molecule has 96 valence electrons. The molecule has 0 aliphatic carbocycles. The molecular formula is C13H17ClN4.